The van der Waals surface area contributed by atoms with E-state index in [1.165, 1.54) is 12.1 Å². The zero-order chi connectivity index (χ0) is 14.0. The molecule has 0 saturated heterocycles. The molecule has 1 amide bonds. The SMILES string of the molecule is Cc1c(CNC(=O)c2ccc(C(=O)O)s2)cnn1C. The first-order valence-electron chi connectivity index (χ1n) is 5.58. The smallest absolute Gasteiger partial charge is 0.345 e. The number of aryl methyl sites for hydroxylation is 1. The van der Waals surface area contributed by atoms with E-state index in [0.717, 1.165) is 22.6 Å². The summed E-state index contributed by atoms with van der Waals surface area (Å²) < 4.78 is 1.73. The Morgan fingerprint density at radius 1 is 1.42 bits per heavy atom. The molecule has 2 rings (SSSR count). The van der Waals surface area contributed by atoms with Crippen LogP contribution in [0.15, 0.2) is 18.3 Å². The molecule has 0 bridgehead atoms. The summed E-state index contributed by atoms with van der Waals surface area (Å²) in [6.45, 7) is 2.29. The number of aromatic carboxylic acids is 1. The number of amides is 1. The molecular weight excluding hydrogens is 266 g/mol. The molecule has 0 fully saturated rings. The summed E-state index contributed by atoms with van der Waals surface area (Å²) in [7, 11) is 1.83. The number of carboxylic acid groups (broad SMARTS) is 1. The Hall–Kier alpha value is -2.15. The van der Waals surface area contributed by atoms with Crippen molar-refractivity contribution < 1.29 is 14.7 Å². The van der Waals surface area contributed by atoms with Crippen LogP contribution in [0.1, 0.15) is 30.6 Å². The minimum absolute atomic E-state index is 0.155. The lowest BCUT2D eigenvalue weighted by Gasteiger charge is -2.03. The van der Waals surface area contributed by atoms with Crippen molar-refractivity contribution in [2.45, 2.75) is 13.5 Å². The van der Waals surface area contributed by atoms with Gasteiger partial charge >= 0.3 is 5.97 Å². The van der Waals surface area contributed by atoms with Gasteiger partial charge in [-0.15, -0.1) is 11.3 Å². The predicted octanol–water partition coefficient (Wildman–Crippen LogP) is 1.42. The van der Waals surface area contributed by atoms with Gasteiger partial charge in [0.1, 0.15) is 4.88 Å². The highest BCUT2D eigenvalue weighted by atomic mass is 32.1. The molecule has 7 heteroatoms. The average molecular weight is 279 g/mol. The zero-order valence-corrected chi connectivity index (χ0v) is 11.3. The van der Waals surface area contributed by atoms with Crippen LogP contribution in [0.3, 0.4) is 0 Å². The molecule has 100 valence electrons. The van der Waals surface area contributed by atoms with Gasteiger partial charge < -0.3 is 10.4 Å². The third kappa shape index (κ3) is 2.82. The van der Waals surface area contributed by atoms with E-state index in [1.54, 1.807) is 10.9 Å². The number of rotatable bonds is 4. The van der Waals surface area contributed by atoms with Gasteiger partial charge in [0.15, 0.2) is 0 Å². The number of carboxylic acids is 1. The maximum Gasteiger partial charge on any atom is 0.345 e. The number of carbonyl (C=O) groups is 2. The van der Waals surface area contributed by atoms with Gasteiger partial charge in [-0.05, 0) is 19.1 Å². The summed E-state index contributed by atoms with van der Waals surface area (Å²) in [6.07, 6.45) is 1.70. The molecule has 0 spiro atoms. The van der Waals surface area contributed by atoms with Crippen LogP contribution >= 0.6 is 11.3 Å². The number of aromatic nitrogens is 2. The maximum atomic E-state index is 11.9. The first-order chi connectivity index (χ1) is 8.99. The molecule has 2 heterocycles. The molecule has 19 heavy (non-hydrogen) atoms. The molecule has 0 unspecified atom stereocenters. The Balaban J connectivity index is 2.01. The van der Waals surface area contributed by atoms with Crippen molar-refractivity contribution >= 4 is 23.2 Å². The largest absolute Gasteiger partial charge is 0.477 e. The topological polar surface area (TPSA) is 84.2 Å². The number of nitrogens with one attached hydrogen (secondary N) is 1. The maximum absolute atomic E-state index is 11.9. The summed E-state index contributed by atoms with van der Waals surface area (Å²) in [5.41, 5.74) is 1.92. The van der Waals surface area contributed by atoms with Crippen molar-refractivity contribution in [3.05, 3.63) is 39.3 Å². The van der Waals surface area contributed by atoms with Crippen LogP contribution < -0.4 is 5.32 Å². The number of thiophene rings is 1. The van der Waals surface area contributed by atoms with E-state index < -0.39 is 5.97 Å². The van der Waals surface area contributed by atoms with Crippen LogP contribution in [0.2, 0.25) is 0 Å². The number of hydrogen-bond acceptors (Lipinski definition) is 4. The minimum Gasteiger partial charge on any atom is -0.477 e. The van der Waals surface area contributed by atoms with Crippen molar-refractivity contribution in [1.82, 2.24) is 15.1 Å². The molecule has 6 nitrogen and oxygen atoms in total. The highest BCUT2D eigenvalue weighted by molar-refractivity contribution is 7.15. The van der Waals surface area contributed by atoms with E-state index in [9.17, 15) is 9.59 Å². The molecular formula is C12H13N3O3S. The Labute approximate surface area is 113 Å². The second kappa shape index (κ2) is 5.23. The quantitative estimate of drug-likeness (QED) is 0.886. The molecule has 0 atom stereocenters. The number of nitrogens with zero attached hydrogens (tertiary/aromatic N) is 2. The van der Waals surface area contributed by atoms with Crippen molar-refractivity contribution in [2.24, 2.45) is 7.05 Å². The minimum atomic E-state index is -1.02. The van der Waals surface area contributed by atoms with Gasteiger partial charge in [0.05, 0.1) is 11.1 Å². The van der Waals surface area contributed by atoms with Gasteiger partial charge in [-0.25, -0.2) is 4.79 Å². The number of carbonyl (C=O) groups excluding carboxylic acids is 1. The van der Waals surface area contributed by atoms with Crippen LogP contribution in [-0.4, -0.2) is 26.8 Å². The van der Waals surface area contributed by atoms with Crippen molar-refractivity contribution in [3.63, 3.8) is 0 Å². The van der Waals surface area contributed by atoms with Crippen molar-refractivity contribution in [3.8, 4) is 0 Å². The van der Waals surface area contributed by atoms with E-state index in [-0.39, 0.29) is 10.8 Å². The molecule has 0 saturated carbocycles. The monoisotopic (exact) mass is 279 g/mol. The number of hydrogen-bond donors (Lipinski definition) is 2. The second-order valence-corrected chi connectivity index (χ2v) is 5.11. The summed E-state index contributed by atoms with van der Waals surface area (Å²) in [4.78, 5) is 23.1. The van der Waals surface area contributed by atoms with Gasteiger partial charge in [0, 0.05) is 24.8 Å². The first-order valence-corrected chi connectivity index (χ1v) is 6.39. The van der Waals surface area contributed by atoms with E-state index in [1.807, 2.05) is 14.0 Å². The third-order valence-corrected chi connectivity index (χ3v) is 3.89. The van der Waals surface area contributed by atoms with E-state index >= 15 is 0 Å². The van der Waals surface area contributed by atoms with Gasteiger partial charge in [-0.1, -0.05) is 0 Å². The van der Waals surface area contributed by atoms with Crippen molar-refractivity contribution in [2.75, 3.05) is 0 Å². The first kappa shape index (κ1) is 13.3. The lowest BCUT2D eigenvalue weighted by Crippen LogP contribution is -2.22. The van der Waals surface area contributed by atoms with Gasteiger partial charge in [0.25, 0.3) is 5.91 Å². The van der Waals surface area contributed by atoms with Crippen LogP contribution in [-0.2, 0) is 13.6 Å². The molecule has 0 aliphatic heterocycles. The third-order valence-electron chi connectivity index (χ3n) is 2.82. The fourth-order valence-electron chi connectivity index (χ4n) is 1.56. The molecule has 2 aromatic rings. The van der Waals surface area contributed by atoms with E-state index in [2.05, 4.69) is 10.4 Å². The highest BCUT2D eigenvalue weighted by Crippen LogP contribution is 2.16. The Morgan fingerprint density at radius 2 is 2.11 bits per heavy atom. The van der Waals surface area contributed by atoms with Crippen LogP contribution in [0, 0.1) is 6.92 Å². The fraction of sp³-hybridized carbons (Fsp3) is 0.250. The fourth-order valence-corrected chi connectivity index (χ4v) is 2.32. The summed E-state index contributed by atoms with van der Waals surface area (Å²) in [6, 6.07) is 2.94. The van der Waals surface area contributed by atoms with Gasteiger partial charge in [-0.2, -0.15) is 5.10 Å². The molecule has 0 aromatic carbocycles. The summed E-state index contributed by atoms with van der Waals surface area (Å²) in [5, 5.41) is 15.6. The Bertz CT molecular complexity index is 630. The molecule has 2 N–H and O–H groups in total. The van der Waals surface area contributed by atoms with Crippen LogP contribution in [0.25, 0.3) is 0 Å². The predicted molar refractivity (Wildman–Crippen MR) is 70.4 cm³/mol. The Kier molecular flexibility index (Phi) is 3.66. The van der Waals surface area contributed by atoms with Crippen LogP contribution in [0.5, 0.6) is 0 Å². The lowest BCUT2D eigenvalue weighted by atomic mass is 10.2. The van der Waals surface area contributed by atoms with Gasteiger partial charge in [0.2, 0.25) is 0 Å². The molecule has 0 radical (unpaired) electrons. The Morgan fingerprint density at radius 3 is 2.63 bits per heavy atom. The van der Waals surface area contributed by atoms with E-state index in [0.29, 0.717) is 11.4 Å². The lowest BCUT2D eigenvalue weighted by molar-refractivity contribution is 0.0702. The highest BCUT2D eigenvalue weighted by Gasteiger charge is 2.13. The standard InChI is InChI=1S/C12H13N3O3S/c1-7-8(6-14-15(7)2)5-13-11(16)9-3-4-10(19-9)12(17)18/h3-4,6H,5H2,1-2H3,(H,13,16)(H,17,18). The molecule has 0 aliphatic carbocycles. The molecule has 0 aliphatic rings. The normalized spacial score (nSPS) is 10.4. The average Bonchev–Trinajstić information content (AvgIpc) is 2.97. The van der Waals surface area contributed by atoms with Crippen LogP contribution in [0.4, 0.5) is 0 Å². The van der Waals surface area contributed by atoms with Crippen molar-refractivity contribution in [1.29, 1.82) is 0 Å². The second-order valence-electron chi connectivity index (χ2n) is 4.03. The zero-order valence-electron chi connectivity index (χ0n) is 10.5. The molecule has 2 aromatic heterocycles. The summed E-state index contributed by atoms with van der Waals surface area (Å²) >= 11 is 0.961. The summed E-state index contributed by atoms with van der Waals surface area (Å²) in [5.74, 6) is -1.30. The van der Waals surface area contributed by atoms with E-state index in [4.69, 9.17) is 5.11 Å². The van der Waals surface area contributed by atoms with Gasteiger partial charge in [-0.3, -0.25) is 9.48 Å².